The molecule has 1 fully saturated rings. The third-order valence-electron chi connectivity index (χ3n) is 11.5. The fourth-order valence-corrected chi connectivity index (χ4v) is 8.55. The zero-order valence-corrected chi connectivity index (χ0v) is 40.4. The van der Waals surface area contributed by atoms with Gasteiger partial charge in [-0.1, -0.05) is 194 Å². The van der Waals surface area contributed by atoms with Gasteiger partial charge in [-0.3, -0.25) is 9.59 Å². The second-order valence-corrected chi connectivity index (χ2v) is 18.3. The topological polar surface area (TPSA) is 200 Å². The Balaban J connectivity index is 0.0000336. The van der Waals surface area contributed by atoms with Crippen molar-refractivity contribution in [1.29, 1.82) is 0 Å². The summed E-state index contributed by atoms with van der Waals surface area (Å²) in [4.78, 5) is 26.0. The maximum atomic E-state index is 13.1. The molecule has 0 aromatic heterocycles. The van der Waals surface area contributed by atoms with Gasteiger partial charge >= 0.3 is 41.5 Å². The Morgan fingerprint density at radius 3 is 1.19 bits per heavy atom. The van der Waals surface area contributed by atoms with E-state index < -0.39 is 77.1 Å². The van der Waals surface area contributed by atoms with Crippen LogP contribution in [0.15, 0.2) is 0 Å². The Morgan fingerprint density at radius 2 is 0.864 bits per heavy atom. The molecule has 1 aliphatic rings. The SMILES string of the molecule is CCCCCCCCCCCCCCCCCC(=O)OC(CO)C(OC(=O)CCCCCCCCCCCCCCCCC)[C@@H]1O[C@H](CS(=O)(=O)[O-])[C@H](O)[C@H](O)[C@H]1O.[Na+]. The molecule has 0 radical (unpaired) electrons. The first-order chi connectivity index (χ1) is 27.9. The van der Waals surface area contributed by atoms with Gasteiger partial charge in [-0.05, 0) is 12.8 Å². The number of rotatable bonds is 39. The summed E-state index contributed by atoms with van der Waals surface area (Å²) in [6, 6.07) is 0. The second-order valence-electron chi connectivity index (χ2n) is 16.9. The van der Waals surface area contributed by atoms with E-state index in [0.29, 0.717) is 12.8 Å². The normalized spacial score (nSPS) is 20.5. The summed E-state index contributed by atoms with van der Waals surface area (Å²) in [6.45, 7) is 3.63. The largest absolute Gasteiger partial charge is 1.00 e. The molecule has 0 amide bonds. The average Bonchev–Trinajstić information content (AvgIpc) is 3.19. The summed E-state index contributed by atoms with van der Waals surface area (Å²) in [6.07, 6.45) is 22.5. The molecule has 4 N–H and O–H groups in total. The zero-order chi connectivity index (χ0) is 42.9. The Labute approximate surface area is 381 Å². The molecule has 7 atom stereocenters. The van der Waals surface area contributed by atoms with Crippen molar-refractivity contribution in [3.63, 3.8) is 0 Å². The summed E-state index contributed by atoms with van der Waals surface area (Å²) < 4.78 is 51.4. The number of carbonyl (C=O) groups is 2. The van der Waals surface area contributed by atoms with Gasteiger partial charge in [0.1, 0.15) is 24.4 Å². The van der Waals surface area contributed by atoms with E-state index in [0.717, 1.165) is 51.4 Å². The standard InChI is InChI=1S/C45H86O12S.Na/c1-3-5-7-9-11-13-15-17-19-21-23-25-27-29-31-33-39(47)55-37(35-46)44(45-43(51)42(50)41(49)38(56-45)36-58(52,53)54)57-40(48)34-32-30-28-26-24-22-20-18-16-14-12-10-8-6-4-2;/h37-38,41-46,49-51H,3-36H2,1-2H3,(H,52,53,54);/q;+1/p-1/t37?,38-,41+,42+,43-,44?,45-;/m1./s1. The van der Waals surface area contributed by atoms with E-state index in [1.807, 2.05) is 0 Å². The van der Waals surface area contributed by atoms with Crippen LogP contribution in [-0.4, -0.2) is 100 Å². The quantitative estimate of drug-likeness (QED) is 0.0254. The van der Waals surface area contributed by atoms with Crippen molar-refractivity contribution >= 4 is 22.1 Å². The maximum absolute atomic E-state index is 13.1. The summed E-state index contributed by atoms with van der Waals surface area (Å²) >= 11 is 0. The molecule has 344 valence electrons. The number of esters is 2. The van der Waals surface area contributed by atoms with Crippen LogP contribution >= 0.6 is 0 Å². The van der Waals surface area contributed by atoms with Crippen molar-refractivity contribution in [2.24, 2.45) is 0 Å². The second kappa shape index (κ2) is 38.1. The molecule has 12 nitrogen and oxygen atoms in total. The van der Waals surface area contributed by atoms with Gasteiger partial charge in [0.2, 0.25) is 0 Å². The summed E-state index contributed by atoms with van der Waals surface area (Å²) in [5.74, 6) is -2.61. The first-order valence-electron chi connectivity index (χ1n) is 23.6. The van der Waals surface area contributed by atoms with Crippen molar-refractivity contribution in [3.8, 4) is 0 Å². The molecule has 0 aliphatic carbocycles. The van der Waals surface area contributed by atoms with E-state index >= 15 is 0 Å². The number of aliphatic hydroxyl groups excluding tert-OH is 4. The van der Waals surface area contributed by atoms with Crippen LogP contribution in [0.25, 0.3) is 0 Å². The predicted molar refractivity (Wildman–Crippen MR) is 227 cm³/mol. The van der Waals surface area contributed by atoms with Crippen LogP contribution in [-0.2, 0) is 33.9 Å². The van der Waals surface area contributed by atoms with Gasteiger partial charge in [-0.15, -0.1) is 0 Å². The number of unbranched alkanes of at least 4 members (excludes halogenated alkanes) is 28. The molecule has 0 aromatic rings. The molecule has 1 heterocycles. The number of hydrogen-bond donors (Lipinski definition) is 4. The first kappa shape index (κ1) is 58.6. The fourth-order valence-electron chi connectivity index (χ4n) is 7.87. The average molecular weight is 873 g/mol. The van der Waals surface area contributed by atoms with Gasteiger partial charge in [0.25, 0.3) is 0 Å². The van der Waals surface area contributed by atoms with Crippen LogP contribution < -0.4 is 29.6 Å². The molecular weight excluding hydrogens is 788 g/mol. The molecule has 59 heavy (non-hydrogen) atoms. The summed E-state index contributed by atoms with van der Waals surface area (Å²) in [5.41, 5.74) is 0. The van der Waals surface area contributed by atoms with E-state index in [1.165, 1.54) is 128 Å². The Morgan fingerprint density at radius 1 is 0.542 bits per heavy atom. The molecule has 0 saturated carbocycles. The predicted octanol–water partition coefficient (Wildman–Crippen LogP) is 5.72. The van der Waals surface area contributed by atoms with E-state index in [4.69, 9.17) is 14.2 Å². The van der Waals surface area contributed by atoms with E-state index in [1.54, 1.807) is 0 Å². The number of aliphatic hydroxyl groups is 4. The van der Waals surface area contributed by atoms with Gasteiger partial charge in [0.05, 0.1) is 28.6 Å². The van der Waals surface area contributed by atoms with E-state index in [9.17, 15) is 43.0 Å². The number of hydrogen-bond acceptors (Lipinski definition) is 12. The maximum Gasteiger partial charge on any atom is 1.00 e. The Bertz CT molecular complexity index is 1110. The van der Waals surface area contributed by atoms with Crippen molar-refractivity contribution in [3.05, 3.63) is 0 Å². The minimum atomic E-state index is -4.95. The van der Waals surface area contributed by atoms with Gasteiger partial charge < -0.3 is 39.2 Å². The van der Waals surface area contributed by atoms with Crippen molar-refractivity contribution in [2.75, 3.05) is 12.4 Å². The minimum absolute atomic E-state index is 0. The molecule has 0 bridgehead atoms. The van der Waals surface area contributed by atoms with Crippen LogP contribution in [0, 0.1) is 0 Å². The van der Waals surface area contributed by atoms with Crippen LogP contribution in [0.1, 0.15) is 219 Å². The summed E-state index contributed by atoms with van der Waals surface area (Å²) in [5, 5.41) is 42.1. The molecule has 2 unspecified atom stereocenters. The monoisotopic (exact) mass is 873 g/mol. The first-order valence-corrected chi connectivity index (χ1v) is 25.2. The van der Waals surface area contributed by atoms with Crippen molar-refractivity contribution in [2.45, 2.75) is 262 Å². The zero-order valence-electron chi connectivity index (χ0n) is 37.5. The van der Waals surface area contributed by atoms with Crippen molar-refractivity contribution in [1.82, 2.24) is 0 Å². The number of carbonyl (C=O) groups excluding carboxylic acids is 2. The van der Waals surface area contributed by atoms with Gasteiger partial charge in [-0.2, -0.15) is 0 Å². The fraction of sp³-hybridized carbons (Fsp3) is 0.956. The van der Waals surface area contributed by atoms with Gasteiger partial charge in [-0.25, -0.2) is 8.42 Å². The van der Waals surface area contributed by atoms with Crippen LogP contribution in [0.5, 0.6) is 0 Å². The van der Waals surface area contributed by atoms with Crippen LogP contribution in [0.3, 0.4) is 0 Å². The molecule has 1 saturated heterocycles. The van der Waals surface area contributed by atoms with Crippen LogP contribution in [0.2, 0.25) is 0 Å². The molecular formula is C45H85NaO12S. The Kier molecular flexibility index (Phi) is 37.9. The third-order valence-corrected chi connectivity index (χ3v) is 12.2. The third kappa shape index (κ3) is 30.4. The van der Waals surface area contributed by atoms with Gasteiger partial charge in [0.15, 0.2) is 12.2 Å². The Hall–Kier alpha value is -0.350. The molecule has 0 spiro atoms. The summed E-state index contributed by atoms with van der Waals surface area (Å²) in [7, 11) is -4.95. The molecule has 0 aromatic carbocycles. The van der Waals surface area contributed by atoms with Gasteiger partial charge in [0, 0.05) is 12.8 Å². The number of ether oxygens (including phenoxy) is 3. The van der Waals surface area contributed by atoms with Crippen LogP contribution in [0.4, 0.5) is 0 Å². The molecule has 1 aliphatic heterocycles. The minimum Gasteiger partial charge on any atom is -0.748 e. The molecule has 14 heteroatoms. The van der Waals surface area contributed by atoms with E-state index in [2.05, 4.69) is 13.8 Å². The smallest absolute Gasteiger partial charge is 0.748 e. The molecule has 1 rings (SSSR count). The van der Waals surface area contributed by atoms with E-state index in [-0.39, 0.29) is 42.4 Å². The van der Waals surface area contributed by atoms with Crippen molar-refractivity contribution < 1.29 is 86.8 Å².